The maximum Gasteiger partial charge on any atom is 0.101 e. The second kappa shape index (κ2) is 11.9. The minimum Gasteiger partial charge on any atom is -0.307 e. The first-order valence-corrected chi connectivity index (χ1v) is 16.7. The zero-order chi connectivity index (χ0) is 34.5. The van der Waals surface area contributed by atoms with Crippen LogP contribution in [0.25, 0.3) is 82.4 Å². The lowest BCUT2D eigenvalue weighted by atomic mass is 9.85. The summed E-state index contributed by atoms with van der Waals surface area (Å²) in [6.45, 7) is 0. The first-order chi connectivity index (χ1) is 25.2. The molecule has 0 aliphatic carbocycles. The topological polar surface area (TPSA) is 76.3 Å². The summed E-state index contributed by atoms with van der Waals surface area (Å²) in [5.74, 6) is 0. The Kier molecular flexibility index (Phi) is 6.93. The van der Waals surface area contributed by atoms with E-state index in [9.17, 15) is 15.8 Å². The van der Waals surface area contributed by atoms with Crippen molar-refractivity contribution in [3.63, 3.8) is 0 Å². The predicted molar refractivity (Wildman–Crippen MR) is 206 cm³/mol. The molecule has 0 aliphatic rings. The van der Waals surface area contributed by atoms with E-state index in [0.717, 1.165) is 44.1 Å². The summed E-state index contributed by atoms with van der Waals surface area (Å²) < 4.78 is 2.10. The van der Waals surface area contributed by atoms with Gasteiger partial charge in [-0.15, -0.1) is 0 Å². The predicted octanol–water partition coefficient (Wildman–Crippen LogP) is 11.7. The van der Waals surface area contributed by atoms with Crippen LogP contribution in [0.3, 0.4) is 0 Å². The van der Waals surface area contributed by atoms with Crippen molar-refractivity contribution >= 4 is 43.4 Å². The lowest BCUT2D eigenvalue weighted by Gasteiger charge is -2.19. The van der Waals surface area contributed by atoms with Crippen molar-refractivity contribution in [3.8, 4) is 57.3 Å². The molecule has 1 heterocycles. The third-order valence-electron chi connectivity index (χ3n) is 9.86. The van der Waals surface area contributed by atoms with E-state index in [0.29, 0.717) is 22.4 Å². The molecule has 0 unspecified atom stereocenters. The van der Waals surface area contributed by atoms with Crippen molar-refractivity contribution in [2.45, 2.75) is 0 Å². The Hall–Kier alpha value is -7.45. The number of fused-ring (bicyclic) bond motifs is 5. The van der Waals surface area contributed by atoms with Crippen molar-refractivity contribution in [1.82, 2.24) is 4.57 Å². The SMILES string of the molecule is N#Cc1cc(C#N)c(-n2c3ccccc3c3cc(C#N)ccc32)c(-c2ccc(-c3c4ccccc4c(-c4ccccc4)c4ccccc34)cc2)c1. The first-order valence-electron chi connectivity index (χ1n) is 16.7. The second-order valence-corrected chi connectivity index (χ2v) is 12.6. The number of hydrogen-bond acceptors (Lipinski definition) is 3. The molecular weight excluding hydrogens is 621 g/mol. The molecule has 1 aromatic heterocycles. The van der Waals surface area contributed by atoms with Crippen LogP contribution in [0.5, 0.6) is 0 Å². The minimum atomic E-state index is 0.397. The summed E-state index contributed by atoms with van der Waals surface area (Å²) in [6, 6.07) is 60.4. The monoisotopic (exact) mass is 646 g/mol. The average molecular weight is 647 g/mol. The van der Waals surface area contributed by atoms with Gasteiger partial charge in [0.25, 0.3) is 0 Å². The fraction of sp³-hybridized carbons (Fsp3) is 0. The van der Waals surface area contributed by atoms with Gasteiger partial charge in [0, 0.05) is 16.3 Å². The van der Waals surface area contributed by atoms with E-state index < -0.39 is 0 Å². The molecule has 0 saturated heterocycles. The van der Waals surface area contributed by atoms with E-state index >= 15 is 0 Å². The summed E-state index contributed by atoms with van der Waals surface area (Å²) >= 11 is 0. The van der Waals surface area contributed by atoms with Crippen molar-refractivity contribution in [1.29, 1.82) is 15.8 Å². The largest absolute Gasteiger partial charge is 0.307 e. The van der Waals surface area contributed by atoms with Crippen LogP contribution < -0.4 is 0 Å². The van der Waals surface area contributed by atoms with Crippen LogP contribution in [-0.4, -0.2) is 4.57 Å². The van der Waals surface area contributed by atoms with Gasteiger partial charge in [0.2, 0.25) is 0 Å². The van der Waals surface area contributed by atoms with Crippen LogP contribution in [0.15, 0.2) is 158 Å². The Morgan fingerprint density at radius 3 is 1.47 bits per heavy atom. The van der Waals surface area contributed by atoms with Gasteiger partial charge in [-0.05, 0) is 85.8 Å². The molecule has 0 N–H and O–H groups in total. The van der Waals surface area contributed by atoms with E-state index in [1.807, 2.05) is 48.5 Å². The minimum absolute atomic E-state index is 0.397. The van der Waals surface area contributed by atoms with Gasteiger partial charge < -0.3 is 4.57 Å². The van der Waals surface area contributed by atoms with Crippen LogP contribution in [0.1, 0.15) is 16.7 Å². The van der Waals surface area contributed by atoms with E-state index in [2.05, 4.69) is 120 Å². The molecule has 0 fully saturated rings. The third-order valence-corrected chi connectivity index (χ3v) is 9.86. The second-order valence-electron chi connectivity index (χ2n) is 12.6. The Morgan fingerprint density at radius 1 is 0.373 bits per heavy atom. The molecule has 0 aliphatic heterocycles. The van der Waals surface area contributed by atoms with Crippen LogP contribution in [0, 0.1) is 34.0 Å². The highest BCUT2D eigenvalue weighted by atomic mass is 15.0. The van der Waals surface area contributed by atoms with E-state index in [4.69, 9.17) is 0 Å². The molecule has 51 heavy (non-hydrogen) atoms. The van der Waals surface area contributed by atoms with Crippen molar-refractivity contribution < 1.29 is 0 Å². The maximum absolute atomic E-state index is 10.5. The zero-order valence-corrected chi connectivity index (χ0v) is 27.3. The fourth-order valence-electron chi connectivity index (χ4n) is 7.70. The lowest BCUT2D eigenvalue weighted by molar-refractivity contribution is 1.17. The number of nitriles is 3. The van der Waals surface area contributed by atoms with Crippen LogP contribution in [0.4, 0.5) is 0 Å². The van der Waals surface area contributed by atoms with Gasteiger partial charge in [-0.1, -0.05) is 121 Å². The molecule has 4 nitrogen and oxygen atoms in total. The number of aromatic nitrogens is 1. The molecule has 8 aromatic carbocycles. The normalized spacial score (nSPS) is 11.1. The summed E-state index contributed by atoms with van der Waals surface area (Å²) in [7, 11) is 0. The summed E-state index contributed by atoms with van der Waals surface area (Å²) in [5.41, 5.74) is 10.2. The Labute approximate surface area is 294 Å². The Bertz CT molecular complexity index is 2930. The highest BCUT2D eigenvalue weighted by Gasteiger charge is 2.21. The average Bonchev–Trinajstić information content (AvgIpc) is 3.52. The number of hydrogen-bond donors (Lipinski definition) is 0. The number of nitrogens with zero attached hydrogens (tertiary/aromatic N) is 4. The molecule has 0 bridgehead atoms. The molecule has 0 saturated carbocycles. The molecule has 9 aromatic rings. The molecular formula is C47H26N4. The Balaban J connectivity index is 1.29. The van der Waals surface area contributed by atoms with Gasteiger partial charge in [0.1, 0.15) is 6.07 Å². The molecule has 0 amide bonds. The maximum atomic E-state index is 10.5. The van der Waals surface area contributed by atoms with Gasteiger partial charge in [-0.25, -0.2) is 0 Å². The fourth-order valence-corrected chi connectivity index (χ4v) is 7.70. The Morgan fingerprint density at radius 2 is 0.882 bits per heavy atom. The molecule has 0 spiro atoms. The number of benzene rings is 8. The van der Waals surface area contributed by atoms with Gasteiger partial charge in [-0.3, -0.25) is 0 Å². The van der Waals surface area contributed by atoms with Gasteiger partial charge in [-0.2, -0.15) is 15.8 Å². The van der Waals surface area contributed by atoms with Crippen LogP contribution in [-0.2, 0) is 0 Å². The first kappa shape index (κ1) is 29.7. The van der Waals surface area contributed by atoms with Crippen LogP contribution >= 0.6 is 0 Å². The molecule has 0 radical (unpaired) electrons. The number of para-hydroxylation sites is 1. The van der Waals surface area contributed by atoms with Crippen molar-refractivity contribution in [3.05, 3.63) is 174 Å². The van der Waals surface area contributed by atoms with Crippen molar-refractivity contribution in [2.24, 2.45) is 0 Å². The molecule has 9 rings (SSSR count). The summed E-state index contributed by atoms with van der Waals surface area (Å²) in [4.78, 5) is 0. The highest BCUT2D eigenvalue weighted by Crippen LogP contribution is 2.44. The van der Waals surface area contributed by atoms with Gasteiger partial charge >= 0.3 is 0 Å². The van der Waals surface area contributed by atoms with E-state index in [-0.39, 0.29) is 0 Å². The molecule has 0 atom stereocenters. The smallest absolute Gasteiger partial charge is 0.101 e. The third kappa shape index (κ3) is 4.66. The summed E-state index contributed by atoms with van der Waals surface area (Å²) in [6.07, 6.45) is 0. The molecule has 234 valence electrons. The van der Waals surface area contributed by atoms with Crippen LogP contribution in [0.2, 0.25) is 0 Å². The van der Waals surface area contributed by atoms with Gasteiger partial charge in [0.15, 0.2) is 0 Å². The van der Waals surface area contributed by atoms with Crippen molar-refractivity contribution in [2.75, 3.05) is 0 Å². The zero-order valence-electron chi connectivity index (χ0n) is 27.3. The van der Waals surface area contributed by atoms with E-state index in [1.165, 1.54) is 32.7 Å². The quantitative estimate of drug-likeness (QED) is 0.179. The van der Waals surface area contributed by atoms with Gasteiger partial charge in [0.05, 0.1) is 45.5 Å². The lowest BCUT2D eigenvalue weighted by Crippen LogP contribution is -2.02. The highest BCUT2D eigenvalue weighted by molar-refractivity contribution is 6.21. The van der Waals surface area contributed by atoms with E-state index in [1.54, 1.807) is 12.1 Å². The number of rotatable bonds is 4. The molecule has 4 heteroatoms. The summed E-state index contributed by atoms with van der Waals surface area (Å²) in [5, 5.41) is 36.9. The standard InChI is InChI=1S/C47H26N4/c48-27-30-18-23-44-42(25-30)36-12-8-9-17-43(36)51(44)47-35(29-50)24-31(28-49)26-41(47)32-19-21-34(22-20-32)46-39-15-6-4-13-37(39)45(33-10-2-1-3-11-33)38-14-5-7-16-40(38)46/h1-26H.